The highest BCUT2D eigenvalue weighted by Gasteiger charge is 2.07. The van der Waals surface area contributed by atoms with Gasteiger partial charge in [0, 0.05) is 42.4 Å². The topological polar surface area (TPSA) is 81.4 Å². The fourth-order valence-electron chi connectivity index (χ4n) is 1.50. The summed E-state index contributed by atoms with van der Waals surface area (Å²) in [5.41, 5.74) is 6.84. The number of carbonyl (C=O) groups excluding carboxylic acids is 1. The van der Waals surface area contributed by atoms with Gasteiger partial charge >= 0.3 is 0 Å². The van der Waals surface area contributed by atoms with Gasteiger partial charge in [0.25, 0.3) is 0 Å². The van der Waals surface area contributed by atoms with E-state index in [0.29, 0.717) is 29.5 Å². The Hall–Kier alpha value is -1.40. The van der Waals surface area contributed by atoms with Crippen molar-refractivity contribution in [1.82, 2.24) is 0 Å². The largest absolute Gasteiger partial charge is 0.397 e. The van der Waals surface area contributed by atoms with Crippen molar-refractivity contribution in [2.75, 3.05) is 36.3 Å². The summed E-state index contributed by atoms with van der Waals surface area (Å²) in [6, 6.07) is 7.06. The van der Waals surface area contributed by atoms with E-state index in [1.165, 1.54) is 0 Å². The maximum absolute atomic E-state index is 11.7. The minimum absolute atomic E-state index is 0.169. The van der Waals surface area contributed by atoms with Crippen LogP contribution >= 0.6 is 0 Å². The number of hydrogen-bond acceptors (Lipinski definition) is 4. The molecule has 0 heterocycles. The molecule has 0 aliphatic rings. The highest BCUT2D eigenvalue weighted by Crippen LogP contribution is 2.16. The monoisotopic (exact) mass is 284 g/mol. The zero-order chi connectivity index (χ0) is 14.1. The molecule has 0 aliphatic heterocycles. The van der Waals surface area contributed by atoms with Crippen LogP contribution in [-0.4, -0.2) is 35.3 Å². The number of nitrogens with two attached hydrogens (primary N) is 1. The first-order chi connectivity index (χ1) is 9.13. The molecule has 6 heteroatoms. The SMILES string of the molecule is COCCCS(=O)CCC(=O)Nc1ccccc1N. The highest BCUT2D eigenvalue weighted by atomic mass is 32.2. The smallest absolute Gasteiger partial charge is 0.225 e. The highest BCUT2D eigenvalue weighted by molar-refractivity contribution is 7.84. The summed E-state index contributed by atoms with van der Waals surface area (Å²) in [6.45, 7) is 0.596. The van der Waals surface area contributed by atoms with E-state index >= 15 is 0 Å². The van der Waals surface area contributed by atoms with Gasteiger partial charge in [-0.05, 0) is 18.6 Å². The lowest BCUT2D eigenvalue weighted by molar-refractivity contribution is -0.115. The molecule has 1 amide bonds. The molecule has 0 bridgehead atoms. The van der Waals surface area contributed by atoms with Crippen molar-refractivity contribution in [3.05, 3.63) is 24.3 Å². The maximum atomic E-state index is 11.7. The molecule has 106 valence electrons. The van der Waals surface area contributed by atoms with Crippen LogP contribution in [0.4, 0.5) is 11.4 Å². The Bertz CT molecular complexity index is 438. The van der Waals surface area contributed by atoms with Gasteiger partial charge in [0.2, 0.25) is 5.91 Å². The van der Waals surface area contributed by atoms with E-state index in [1.807, 2.05) is 0 Å². The van der Waals surface area contributed by atoms with Crippen LogP contribution in [0.1, 0.15) is 12.8 Å². The van der Waals surface area contributed by atoms with E-state index in [9.17, 15) is 9.00 Å². The number of ether oxygens (including phenoxy) is 1. The van der Waals surface area contributed by atoms with Crippen molar-refractivity contribution in [2.24, 2.45) is 0 Å². The Kier molecular flexibility index (Phi) is 7.14. The van der Waals surface area contributed by atoms with Gasteiger partial charge in [-0.25, -0.2) is 0 Å². The van der Waals surface area contributed by atoms with Gasteiger partial charge in [0.15, 0.2) is 0 Å². The van der Waals surface area contributed by atoms with Crippen LogP contribution in [0.15, 0.2) is 24.3 Å². The Morgan fingerprint density at radius 3 is 2.79 bits per heavy atom. The van der Waals surface area contributed by atoms with Gasteiger partial charge in [0.1, 0.15) is 0 Å². The number of carbonyl (C=O) groups is 1. The summed E-state index contributed by atoms with van der Waals surface area (Å²) in [4.78, 5) is 11.7. The van der Waals surface area contributed by atoms with Crippen molar-refractivity contribution in [3.8, 4) is 0 Å². The quantitative estimate of drug-likeness (QED) is 0.558. The lowest BCUT2D eigenvalue weighted by Crippen LogP contribution is -2.16. The lowest BCUT2D eigenvalue weighted by atomic mass is 10.2. The number of hydrogen-bond donors (Lipinski definition) is 2. The molecule has 0 saturated carbocycles. The third-order valence-electron chi connectivity index (χ3n) is 2.51. The van der Waals surface area contributed by atoms with Crippen LogP contribution in [0.25, 0.3) is 0 Å². The second-order valence-corrected chi connectivity index (χ2v) is 5.78. The molecule has 1 aromatic carbocycles. The molecule has 1 atom stereocenters. The third kappa shape index (κ3) is 6.35. The summed E-state index contributed by atoms with van der Waals surface area (Å²) in [7, 11) is 0.634. The molecule has 0 fully saturated rings. The predicted octanol–water partition coefficient (Wildman–Crippen LogP) is 1.38. The first-order valence-electron chi connectivity index (χ1n) is 6.11. The van der Waals surface area contributed by atoms with Crippen LogP contribution in [0.2, 0.25) is 0 Å². The minimum atomic E-state index is -0.978. The van der Waals surface area contributed by atoms with Crippen LogP contribution in [-0.2, 0) is 20.3 Å². The molecule has 0 aliphatic carbocycles. The summed E-state index contributed by atoms with van der Waals surface area (Å²) >= 11 is 0. The number of anilines is 2. The van der Waals surface area contributed by atoms with Crippen LogP contribution in [0.5, 0.6) is 0 Å². The fourth-order valence-corrected chi connectivity index (χ4v) is 2.55. The Morgan fingerprint density at radius 1 is 1.37 bits per heavy atom. The normalized spacial score (nSPS) is 12.1. The van der Waals surface area contributed by atoms with Crippen molar-refractivity contribution < 1.29 is 13.7 Å². The molecular weight excluding hydrogens is 264 g/mol. The van der Waals surface area contributed by atoms with Gasteiger partial charge in [-0.3, -0.25) is 9.00 Å². The van der Waals surface area contributed by atoms with E-state index in [4.69, 9.17) is 10.5 Å². The van der Waals surface area contributed by atoms with Gasteiger partial charge in [-0.2, -0.15) is 0 Å². The average Bonchev–Trinajstić information content (AvgIpc) is 2.39. The zero-order valence-corrected chi connectivity index (χ0v) is 11.9. The summed E-state index contributed by atoms with van der Waals surface area (Å²) in [5.74, 6) is 0.759. The number of amides is 1. The maximum Gasteiger partial charge on any atom is 0.225 e. The lowest BCUT2D eigenvalue weighted by Gasteiger charge is -2.07. The average molecular weight is 284 g/mol. The van der Waals surface area contributed by atoms with E-state index in [0.717, 1.165) is 6.42 Å². The van der Waals surface area contributed by atoms with E-state index in [2.05, 4.69) is 5.32 Å². The van der Waals surface area contributed by atoms with Crippen molar-refractivity contribution in [2.45, 2.75) is 12.8 Å². The Morgan fingerprint density at radius 2 is 2.11 bits per heavy atom. The van der Waals surface area contributed by atoms with Gasteiger partial charge < -0.3 is 15.8 Å². The number of benzene rings is 1. The molecule has 0 radical (unpaired) electrons. The molecule has 0 spiro atoms. The first kappa shape index (κ1) is 15.7. The molecular formula is C13H20N2O3S. The van der Waals surface area contributed by atoms with Crippen molar-refractivity contribution >= 4 is 28.1 Å². The van der Waals surface area contributed by atoms with Crippen LogP contribution in [0.3, 0.4) is 0 Å². The number of nitrogen functional groups attached to an aromatic ring is 1. The zero-order valence-electron chi connectivity index (χ0n) is 11.1. The molecule has 1 rings (SSSR count). The first-order valence-corrected chi connectivity index (χ1v) is 7.60. The molecule has 19 heavy (non-hydrogen) atoms. The molecule has 0 aromatic heterocycles. The molecule has 1 unspecified atom stereocenters. The van der Waals surface area contributed by atoms with E-state index in [-0.39, 0.29) is 12.3 Å². The number of nitrogens with one attached hydrogen (secondary N) is 1. The number of methoxy groups -OCH3 is 1. The van der Waals surface area contributed by atoms with E-state index < -0.39 is 10.8 Å². The second kappa shape index (κ2) is 8.66. The molecule has 0 saturated heterocycles. The summed E-state index contributed by atoms with van der Waals surface area (Å²) in [6.07, 6.45) is 0.976. The van der Waals surface area contributed by atoms with Gasteiger partial charge in [0.05, 0.1) is 11.4 Å². The minimum Gasteiger partial charge on any atom is -0.397 e. The molecule has 5 nitrogen and oxygen atoms in total. The predicted molar refractivity (Wildman–Crippen MR) is 78.5 cm³/mol. The van der Waals surface area contributed by atoms with Crippen LogP contribution in [0, 0.1) is 0 Å². The van der Waals surface area contributed by atoms with Gasteiger partial charge in [-0.15, -0.1) is 0 Å². The van der Waals surface area contributed by atoms with Crippen molar-refractivity contribution in [1.29, 1.82) is 0 Å². The second-order valence-electron chi connectivity index (χ2n) is 4.08. The number of para-hydroxylation sites is 2. The van der Waals surface area contributed by atoms with Crippen LogP contribution < -0.4 is 11.1 Å². The molecule has 3 N–H and O–H groups in total. The third-order valence-corrected chi connectivity index (χ3v) is 3.92. The Labute approximate surface area is 116 Å². The van der Waals surface area contributed by atoms with Gasteiger partial charge in [-0.1, -0.05) is 12.1 Å². The molecule has 1 aromatic rings. The fraction of sp³-hybridized carbons (Fsp3) is 0.462. The Balaban J connectivity index is 2.28. The summed E-state index contributed by atoms with van der Waals surface area (Å²) < 4.78 is 16.5. The van der Waals surface area contributed by atoms with E-state index in [1.54, 1.807) is 31.4 Å². The standard InChI is InChI=1S/C13H20N2O3S/c1-18-8-4-9-19(17)10-7-13(16)15-12-6-3-2-5-11(12)14/h2-3,5-6H,4,7-10,14H2,1H3,(H,15,16). The summed E-state index contributed by atoms with van der Waals surface area (Å²) in [5, 5.41) is 2.71. The van der Waals surface area contributed by atoms with Crippen molar-refractivity contribution in [3.63, 3.8) is 0 Å². The number of rotatable bonds is 8.